The highest BCUT2D eigenvalue weighted by molar-refractivity contribution is 9.10. The Morgan fingerprint density at radius 2 is 2.21 bits per heavy atom. The normalized spacial score (nSPS) is 12.5. The Morgan fingerprint density at radius 3 is 3.00 bits per heavy atom. The molecule has 1 unspecified atom stereocenters. The van der Waals surface area contributed by atoms with Crippen molar-refractivity contribution < 1.29 is 0 Å². The summed E-state index contributed by atoms with van der Waals surface area (Å²) in [5, 5.41) is 8.95. The summed E-state index contributed by atoms with van der Waals surface area (Å²) in [6.45, 7) is 2.17. The van der Waals surface area contributed by atoms with Gasteiger partial charge in [0.1, 0.15) is 0 Å². The highest BCUT2D eigenvalue weighted by Gasteiger charge is 2.08. The van der Waals surface area contributed by atoms with Crippen LogP contribution in [0.1, 0.15) is 18.5 Å². The van der Waals surface area contributed by atoms with Crippen LogP contribution in [-0.4, -0.2) is 4.98 Å². The van der Waals surface area contributed by atoms with Gasteiger partial charge in [-0.15, -0.1) is 0 Å². The molecule has 0 aliphatic heterocycles. The van der Waals surface area contributed by atoms with Crippen LogP contribution in [0.25, 0.3) is 10.9 Å². The zero-order valence-electron chi connectivity index (χ0n) is 10.4. The molecule has 2 aromatic heterocycles. The molecule has 1 N–H and O–H groups in total. The number of benzene rings is 1. The monoisotopic (exact) mass is 332 g/mol. The molecule has 0 saturated carbocycles. The lowest BCUT2D eigenvalue weighted by atomic mass is 10.1. The molecule has 1 aromatic carbocycles. The fraction of sp³-hybridized carbons (Fsp3) is 0.133. The molecule has 4 heteroatoms. The second-order valence-electron chi connectivity index (χ2n) is 4.45. The molecule has 0 spiro atoms. The predicted octanol–water partition coefficient (Wildman–Crippen LogP) is 5.23. The van der Waals surface area contributed by atoms with Crippen LogP contribution in [0.4, 0.5) is 5.69 Å². The van der Waals surface area contributed by atoms with Gasteiger partial charge in [0.25, 0.3) is 0 Å². The summed E-state index contributed by atoms with van der Waals surface area (Å²) in [4.78, 5) is 4.51. The van der Waals surface area contributed by atoms with Gasteiger partial charge in [-0.2, -0.15) is 11.3 Å². The molecule has 2 nitrogen and oxygen atoms in total. The summed E-state index contributed by atoms with van der Waals surface area (Å²) in [6.07, 6.45) is 1.84. The van der Waals surface area contributed by atoms with Crippen molar-refractivity contribution in [3.8, 4) is 0 Å². The zero-order chi connectivity index (χ0) is 13.2. The standard InChI is InChI=1S/C15H13BrN2S/c1-10(12-5-6-19-9-12)18-14-4-2-3-11-7-13(16)8-17-15(11)14/h2-10,18H,1H3. The maximum atomic E-state index is 4.51. The van der Waals surface area contributed by atoms with E-state index in [1.807, 2.05) is 6.20 Å². The van der Waals surface area contributed by atoms with Crippen molar-refractivity contribution in [3.05, 3.63) is 57.3 Å². The fourth-order valence-electron chi connectivity index (χ4n) is 2.09. The van der Waals surface area contributed by atoms with E-state index in [9.17, 15) is 0 Å². The third kappa shape index (κ3) is 2.65. The van der Waals surface area contributed by atoms with E-state index in [0.29, 0.717) is 0 Å². The molecule has 3 aromatic rings. The quantitative estimate of drug-likeness (QED) is 0.710. The van der Waals surface area contributed by atoms with E-state index in [0.717, 1.165) is 21.1 Å². The van der Waals surface area contributed by atoms with Crippen LogP contribution < -0.4 is 5.32 Å². The van der Waals surface area contributed by atoms with Crippen LogP contribution >= 0.6 is 27.3 Å². The molecular weight excluding hydrogens is 320 g/mol. The Kier molecular flexibility index (Phi) is 3.53. The van der Waals surface area contributed by atoms with Crippen LogP contribution in [0.2, 0.25) is 0 Å². The van der Waals surface area contributed by atoms with Gasteiger partial charge >= 0.3 is 0 Å². The number of hydrogen-bond acceptors (Lipinski definition) is 3. The number of pyridine rings is 1. The maximum absolute atomic E-state index is 4.51. The molecule has 0 amide bonds. The summed E-state index contributed by atoms with van der Waals surface area (Å²) in [5.41, 5.74) is 3.38. The van der Waals surface area contributed by atoms with Crippen LogP contribution in [0.15, 0.2) is 51.8 Å². The summed E-state index contributed by atoms with van der Waals surface area (Å²) >= 11 is 5.18. The van der Waals surface area contributed by atoms with E-state index in [-0.39, 0.29) is 6.04 Å². The Morgan fingerprint density at radius 1 is 1.32 bits per heavy atom. The lowest BCUT2D eigenvalue weighted by molar-refractivity contribution is 0.892. The number of anilines is 1. The molecule has 19 heavy (non-hydrogen) atoms. The second-order valence-corrected chi connectivity index (χ2v) is 6.15. The molecule has 3 rings (SSSR count). The van der Waals surface area contributed by atoms with E-state index in [1.54, 1.807) is 11.3 Å². The van der Waals surface area contributed by atoms with Gasteiger partial charge in [0, 0.05) is 22.1 Å². The zero-order valence-corrected chi connectivity index (χ0v) is 12.8. The van der Waals surface area contributed by atoms with Crippen molar-refractivity contribution in [2.75, 3.05) is 5.32 Å². The number of para-hydroxylation sites is 1. The van der Waals surface area contributed by atoms with E-state index in [2.05, 4.69) is 74.2 Å². The Hall–Kier alpha value is -1.39. The average Bonchev–Trinajstić information content (AvgIpc) is 2.92. The van der Waals surface area contributed by atoms with E-state index < -0.39 is 0 Å². The van der Waals surface area contributed by atoms with Gasteiger partial charge in [-0.1, -0.05) is 12.1 Å². The molecule has 0 bridgehead atoms. The highest BCUT2D eigenvalue weighted by atomic mass is 79.9. The molecule has 0 radical (unpaired) electrons. The first-order valence-electron chi connectivity index (χ1n) is 6.07. The number of rotatable bonds is 3. The highest BCUT2D eigenvalue weighted by Crippen LogP contribution is 2.27. The molecule has 1 atom stereocenters. The Bertz CT molecular complexity index is 694. The van der Waals surface area contributed by atoms with Crippen molar-refractivity contribution in [2.24, 2.45) is 0 Å². The number of nitrogens with one attached hydrogen (secondary N) is 1. The van der Waals surface area contributed by atoms with E-state index in [4.69, 9.17) is 0 Å². The van der Waals surface area contributed by atoms with Gasteiger partial charge < -0.3 is 5.32 Å². The maximum Gasteiger partial charge on any atom is 0.0934 e. The SMILES string of the molecule is CC(Nc1cccc2cc(Br)cnc12)c1ccsc1. The van der Waals surface area contributed by atoms with E-state index >= 15 is 0 Å². The summed E-state index contributed by atoms with van der Waals surface area (Å²) in [6, 6.07) is 10.7. The average molecular weight is 333 g/mol. The second kappa shape index (κ2) is 5.31. The van der Waals surface area contributed by atoms with Gasteiger partial charge in [-0.05, 0) is 57.4 Å². The van der Waals surface area contributed by atoms with Crippen LogP contribution in [-0.2, 0) is 0 Å². The molecule has 0 aliphatic rings. The van der Waals surface area contributed by atoms with Gasteiger partial charge in [-0.3, -0.25) is 4.98 Å². The van der Waals surface area contributed by atoms with Crippen LogP contribution in [0.5, 0.6) is 0 Å². The van der Waals surface area contributed by atoms with Crippen molar-refractivity contribution >= 4 is 43.9 Å². The first-order chi connectivity index (χ1) is 9.24. The minimum atomic E-state index is 0.280. The fourth-order valence-corrected chi connectivity index (χ4v) is 3.19. The Balaban J connectivity index is 1.97. The third-order valence-corrected chi connectivity index (χ3v) is 4.23. The number of fused-ring (bicyclic) bond motifs is 1. The minimum Gasteiger partial charge on any atom is -0.377 e. The van der Waals surface area contributed by atoms with Crippen molar-refractivity contribution in [3.63, 3.8) is 0 Å². The number of aromatic nitrogens is 1. The van der Waals surface area contributed by atoms with Crippen LogP contribution in [0.3, 0.4) is 0 Å². The molecule has 2 heterocycles. The summed E-state index contributed by atoms with van der Waals surface area (Å²) in [7, 11) is 0. The lowest BCUT2D eigenvalue weighted by Crippen LogP contribution is -2.06. The molecular formula is C15H13BrN2S. The molecule has 0 saturated heterocycles. The first kappa shape index (κ1) is 12.6. The largest absolute Gasteiger partial charge is 0.377 e. The topological polar surface area (TPSA) is 24.9 Å². The van der Waals surface area contributed by atoms with Gasteiger partial charge in [0.2, 0.25) is 0 Å². The molecule has 96 valence electrons. The lowest BCUT2D eigenvalue weighted by Gasteiger charge is -2.15. The third-order valence-electron chi connectivity index (χ3n) is 3.09. The van der Waals surface area contributed by atoms with Crippen molar-refractivity contribution in [1.82, 2.24) is 4.98 Å². The summed E-state index contributed by atoms with van der Waals surface area (Å²) < 4.78 is 1.00. The van der Waals surface area contributed by atoms with Crippen molar-refractivity contribution in [1.29, 1.82) is 0 Å². The summed E-state index contributed by atoms with van der Waals surface area (Å²) in [5.74, 6) is 0. The number of nitrogens with zero attached hydrogens (tertiary/aromatic N) is 1. The van der Waals surface area contributed by atoms with Gasteiger partial charge in [0.05, 0.1) is 11.2 Å². The predicted molar refractivity (Wildman–Crippen MR) is 85.8 cm³/mol. The molecule has 0 aliphatic carbocycles. The first-order valence-corrected chi connectivity index (χ1v) is 7.80. The van der Waals surface area contributed by atoms with Gasteiger partial charge in [0.15, 0.2) is 0 Å². The Labute approximate surface area is 124 Å². The number of thiophene rings is 1. The van der Waals surface area contributed by atoms with Crippen LogP contribution in [0, 0.1) is 0 Å². The van der Waals surface area contributed by atoms with E-state index in [1.165, 1.54) is 5.56 Å². The number of halogens is 1. The van der Waals surface area contributed by atoms with Gasteiger partial charge in [-0.25, -0.2) is 0 Å². The van der Waals surface area contributed by atoms with Crippen molar-refractivity contribution in [2.45, 2.75) is 13.0 Å². The number of hydrogen-bond donors (Lipinski definition) is 1. The minimum absolute atomic E-state index is 0.280. The molecule has 0 fully saturated rings. The smallest absolute Gasteiger partial charge is 0.0934 e.